The summed E-state index contributed by atoms with van der Waals surface area (Å²) < 4.78 is 7.67. The number of aromatic nitrogens is 4. The van der Waals surface area contributed by atoms with Gasteiger partial charge in [-0.2, -0.15) is 5.10 Å². The number of piperidine rings is 1. The first-order valence-electron chi connectivity index (χ1n) is 10.4. The number of carbonyl (C=O) groups excluding carboxylic acids is 1. The molecule has 0 atom stereocenters. The van der Waals surface area contributed by atoms with Gasteiger partial charge >= 0.3 is 6.09 Å². The third-order valence-electron chi connectivity index (χ3n) is 6.27. The molecule has 5 rings (SSSR count). The number of H-pyrrole nitrogens is 1. The van der Waals surface area contributed by atoms with Gasteiger partial charge in [0.15, 0.2) is 0 Å². The van der Waals surface area contributed by atoms with Crippen molar-refractivity contribution in [2.45, 2.75) is 57.6 Å². The molecule has 158 valence electrons. The maximum atomic E-state index is 12.4. The Balaban J connectivity index is 1.37. The molecule has 3 aromatic rings. The highest BCUT2D eigenvalue weighted by Crippen LogP contribution is 2.44. The number of likely N-dealkylation sites (tertiary alicyclic amines) is 1. The lowest BCUT2D eigenvalue weighted by Crippen LogP contribution is -2.46. The normalized spacial score (nSPS) is 18.2. The zero-order valence-corrected chi connectivity index (χ0v) is 18.3. The predicted octanol–water partition coefficient (Wildman–Crippen LogP) is 4.75. The van der Waals surface area contributed by atoms with Crippen molar-refractivity contribution < 1.29 is 9.53 Å². The Bertz CT molecular complexity index is 1120. The summed E-state index contributed by atoms with van der Waals surface area (Å²) in [6.07, 6.45) is 6.30. The molecule has 7 nitrogen and oxygen atoms in total. The highest BCUT2D eigenvalue weighted by molar-refractivity contribution is 6.35. The van der Waals surface area contributed by atoms with Crippen LogP contribution in [-0.2, 0) is 16.7 Å². The second-order valence-corrected chi connectivity index (χ2v) is 9.80. The van der Waals surface area contributed by atoms with Crippen LogP contribution >= 0.6 is 11.6 Å². The SMILES string of the molecule is CC(C)(C)OC(=O)N1CCC2(CC1)CCn1nc(-c3cnc4[nH]cc(Cl)c4c3)cc12. The lowest BCUT2D eigenvalue weighted by Gasteiger charge is -2.39. The molecule has 0 bridgehead atoms. The first-order valence-corrected chi connectivity index (χ1v) is 10.8. The summed E-state index contributed by atoms with van der Waals surface area (Å²) in [4.78, 5) is 21.8. The highest BCUT2D eigenvalue weighted by Gasteiger charge is 2.44. The number of carbonyl (C=O) groups is 1. The van der Waals surface area contributed by atoms with Gasteiger partial charge in [0.2, 0.25) is 0 Å². The van der Waals surface area contributed by atoms with Gasteiger partial charge in [-0.25, -0.2) is 9.78 Å². The molecule has 0 unspecified atom stereocenters. The molecule has 2 aliphatic rings. The van der Waals surface area contributed by atoms with Gasteiger partial charge in [-0.1, -0.05) is 11.6 Å². The van der Waals surface area contributed by atoms with Crippen LogP contribution in [0.1, 0.15) is 45.7 Å². The van der Waals surface area contributed by atoms with Crippen molar-refractivity contribution in [1.82, 2.24) is 24.6 Å². The molecule has 1 spiro atoms. The summed E-state index contributed by atoms with van der Waals surface area (Å²) in [7, 11) is 0. The summed E-state index contributed by atoms with van der Waals surface area (Å²) in [6.45, 7) is 8.03. The third-order valence-corrected chi connectivity index (χ3v) is 6.59. The van der Waals surface area contributed by atoms with Gasteiger partial charge in [0.25, 0.3) is 0 Å². The summed E-state index contributed by atoms with van der Waals surface area (Å²) in [5, 5.41) is 6.42. The number of hydrogen-bond acceptors (Lipinski definition) is 4. The first-order chi connectivity index (χ1) is 14.2. The molecule has 0 aliphatic carbocycles. The number of hydrogen-bond donors (Lipinski definition) is 1. The van der Waals surface area contributed by atoms with E-state index in [2.05, 4.69) is 20.7 Å². The summed E-state index contributed by atoms with van der Waals surface area (Å²) >= 11 is 6.26. The third kappa shape index (κ3) is 3.25. The average Bonchev–Trinajstić information content (AvgIpc) is 3.37. The van der Waals surface area contributed by atoms with Gasteiger partial charge in [0.1, 0.15) is 11.2 Å². The largest absolute Gasteiger partial charge is 0.444 e. The molecule has 1 N–H and O–H groups in total. The van der Waals surface area contributed by atoms with Gasteiger partial charge in [-0.15, -0.1) is 0 Å². The maximum Gasteiger partial charge on any atom is 0.410 e. The maximum absolute atomic E-state index is 12.4. The van der Waals surface area contributed by atoms with Crippen molar-refractivity contribution in [1.29, 1.82) is 0 Å². The minimum Gasteiger partial charge on any atom is -0.444 e. The Morgan fingerprint density at radius 2 is 1.93 bits per heavy atom. The standard InChI is InChI=1S/C22H26ClN5O2/c1-21(2,3)30-20(29)27-7-4-22(5-8-27)6-9-28-18(22)11-17(26-28)14-10-15-16(23)13-25-19(15)24-12-14/h10-13H,4-9H2,1-3H3,(H,24,25). The Labute approximate surface area is 180 Å². The molecule has 0 radical (unpaired) electrons. The molecule has 0 saturated carbocycles. The number of pyridine rings is 1. The van der Waals surface area contributed by atoms with E-state index in [0.717, 1.165) is 48.1 Å². The molecule has 3 aromatic heterocycles. The van der Waals surface area contributed by atoms with Crippen LogP contribution in [0.25, 0.3) is 22.3 Å². The summed E-state index contributed by atoms with van der Waals surface area (Å²) in [6, 6.07) is 4.23. The molecule has 2 aliphatic heterocycles. The van der Waals surface area contributed by atoms with Crippen molar-refractivity contribution in [2.75, 3.05) is 13.1 Å². The van der Waals surface area contributed by atoms with Crippen LogP contribution in [0.2, 0.25) is 5.02 Å². The molecule has 30 heavy (non-hydrogen) atoms. The second-order valence-electron chi connectivity index (χ2n) is 9.39. The van der Waals surface area contributed by atoms with E-state index >= 15 is 0 Å². The van der Waals surface area contributed by atoms with Crippen molar-refractivity contribution in [3.05, 3.63) is 35.2 Å². The van der Waals surface area contributed by atoms with E-state index in [-0.39, 0.29) is 11.5 Å². The summed E-state index contributed by atoms with van der Waals surface area (Å²) in [5.74, 6) is 0. The minimum absolute atomic E-state index is 0.0764. The van der Waals surface area contributed by atoms with Crippen molar-refractivity contribution in [3.8, 4) is 11.3 Å². The first kappa shape index (κ1) is 19.4. The lowest BCUT2D eigenvalue weighted by atomic mass is 9.75. The zero-order valence-electron chi connectivity index (χ0n) is 17.5. The predicted molar refractivity (Wildman–Crippen MR) is 116 cm³/mol. The number of aromatic amines is 1. The molecule has 0 aromatic carbocycles. The van der Waals surface area contributed by atoms with E-state index in [0.29, 0.717) is 18.1 Å². The smallest absolute Gasteiger partial charge is 0.410 e. The molecule has 1 saturated heterocycles. The zero-order chi connectivity index (χ0) is 21.1. The number of nitrogens with one attached hydrogen (secondary N) is 1. The quantitative estimate of drug-likeness (QED) is 0.607. The average molecular weight is 428 g/mol. The number of fused-ring (bicyclic) bond motifs is 3. The fourth-order valence-corrected chi connectivity index (χ4v) is 4.86. The Morgan fingerprint density at radius 1 is 1.20 bits per heavy atom. The fourth-order valence-electron chi connectivity index (χ4n) is 4.66. The number of amides is 1. The van der Waals surface area contributed by atoms with E-state index in [4.69, 9.17) is 21.4 Å². The van der Waals surface area contributed by atoms with Gasteiger partial charge in [-0.05, 0) is 52.2 Å². The van der Waals surface area contributed by atoms with E-state index in [1.165, 1.54) is 5.69 Å². The topological polar surface area (TPSA) is 76.0 Å². The second kappa shape index (κ2) is 6.74. The van der Waals surface area contributed by atoms with Crippen LogP contribution < -0.4 is 0 Å². The monoisotopic (exact) mass is 427 g/mol. The van der Waals surface area contributed by atoms with Crippen LogP contribution in [0.3, 0.4) is 0 Å². The number of halogens is 1. The van der Waals surface area contributed by atoms with Crippen molar-refractivity contribution >= 4 is 28.7 Å². The van der Waals surface area contributed by atoms with Gasteiger partial charge in [-0.3, -0.25) is 4.68 Å². The minimum atomic E-state index is -0.468. The van der Waals surface area contributed by atoms with E-state index in [1.807, 2.05) is 37.9 Å². The van der Waals surface area contributed by atoms with Crippen molar-refractivity contribution in [2.24, 2.45) is 0 Å². The van der Waals surface area contributed by atoms with Crippen LogP contribution in [0, 0.1) is 0 Å². The molecule has 1 amide bonds. The van der Waals surface area contributed by atoms with Gasteiger partial charge in [0, 0.05) is 54.1 Å². The fraction of sp³-hybridized carbons (Fsp3) is 0.500. The molecule has 8 heteroatoms. The number of nitrogens with zero attached hydrogens (tertiary/aromatic N) is 4. The van der Waals surface area contributed by atoms with Gasteiger partial charge < -0.3 is 14.6 Å². The molecule has 5 heterocycles. The van der Waals surface area contributed by atoms with E-state index in [1.54, 1.807) is 6.20 Å². The number of ether oxygens (including phenoxy) is 1. The van der Waals surface area contributed by atoms with Gasteiger partial charge in [0.05, 0.1) is 10.7 Å². The van der Waals surface area contributed by atoms with Crippen molar-refractivity contribution in [3.63, 3.8) is 0 Å². The molecular formula is C22H26ClN5O2. The number of aryl methyl sites for hydroxylation is 1. The summed E-state index contributed by atoms with van der Waals surface area (Å²) in [5.41, 5.74) is 3.54. The van der Waals surface area contributed by atoms with Crippen LogP contribution in [0.4, 0.5) is 4.79 Å². The van der Waals surface area contributed by atoms with Crippen LogP contribution in [-0.4, -0.2) is 49.4 Å². The Kier molecular flexibility index (Phi) is 4.36. The number of rotatable bonds is 1. The Hall–Kier alpha value is -2.54. The lowest BCUT2D eigenvalue weighted by molar-refractivity contribution is 0.0164. The molecule has 1 fully saturated rings. The van der Waals surface area contributed by atoms with E-state index in [9.17, 15) is 4.79 Å². The highest BCUT2D eigenvalue weighted by atomic mass is 35.5. The molecular weight excluding hydrogens is 402 g/mol. The van der Waals surface area contributed by atoms with Crippen LogP contribution in [0.5, 0.6) is 0 Å². The van der Waals surface area contributed by atoms with E-state index < -0.39 is 5.60 Å². The Morgan fingerprint density at radius 3 is 2.67 bits per heavy atom. The van der Waals surface area contributed by atoms with Crippen LogP contribution in [0.15, 0.2) is 24.5 Å².